The number of hydrogen-bond acceptors (Lipinski definition) is 10. The molecule has 0 atom stereocenters. The van der Waals surface area contributed by atoms with Gasteiger partial charge in [0.05, 0.1) is 43.2 Å². The van der Waals surface area contributed by atoms with Crippen molar-refractivity contribution in [1.82, 2.24) is 9.97 Å². The van der Waals surface area contributed by atoms with Crippen LogP contribution >= 0.6 is 0 Å². The second kappa shape index (κ2) is 12.7. The number of nitriles is 1. The molecule has 0 radical (unpaired) electrons. The summed E-state index contributed by atoms with van der Waals surface area (Å²) < 4.78 is 10.5. The van der Waals surface area contributed by atoms with Crippen LogP contribution in [0.5, 0.6) is 0 Å². The molecule has 0 bridgehead atoms. The molecular weight excluding hydrogens is 452 g/mol. The van der Waals surface area contributed by atoms with Gasteiger partial charge in [-0.3, -0.25) is 14.9 Å². The Labute approximate surface area is 202 Å². The molecular formula is C24H26N6O5. The molecule has 0 amide bonds. The number of aromatic nitrogens is 2. The van der Waals surface area contributed by atoms with Crippen molar-refractivity contribution in [3.05, 3.63) is 76.5 Å². The summed E-state index contributed by atoms with van der Waals surface area (Å²) in [5.74, 6) is 0.276. The summed E-state index contributed by atoms with van der Waals surface area (Å²) in [4.78, 5) is 35.6. The molecule has 0 aliphatic rings. The van der Waals surface area contributed by atoms with E-state index < -0.39 is 10.9 Å². The normalized spacial score (nSPS) is 10.4. The largest absolute Gasteiger partial charge is 0.467 e. The van der Waals surface area contributed by atoms with Crippen molar-refractivity contribution in [2.75, 3.05) is 29.5 Å². The second-order valence-corrected chi connectivity index (χ2v) is 7.50. The van der Waals surface area contributed by atoms with Crippen LogP contribution in [0.25, 0.3) is 0 Å². The van der Waals surface area contributed by atoms with Crippen molar-refractivity contribution in [3.63, 3.8) is 0 Å². The van der Waals surface area contributed by atoms with Crippen LogP contribution < -0.4 is 9.80 Å². The highest BCUT2D eigenvalue weighted by atomic mass is 16.6. The Hall–Kier alpha value is -4.46. The predicted molar refractivity (Wildman–Crippen MR) is 127 cm³/mol. The van der Waals surface area contributed by atoms with E-state index in [1.165, 1.54) is 12.6 Å². The van der Waals surface area contributed by atoms with Gasteiger partial charge in [0.25, 0.3) is 0 Å². The van der Waals surface area contributed by atoms with Gasteiger partial charge < -0.3 is 19.0 Å². The minimum Gasteiger partial charge on any atom is -0.467 e. The zero-order valence-corrected chi connectivity index (χ0v) is 19.4. The van der Waals surface area contributed by atoms with Crippen molar-refractivity contribution < 1.29 is 18.9 Å². The fraction of sp³-hybridized carbons (Fsp3) is 0.333. The number of anilines is 2. The lowest BCUT2D eigenvalue weighted by molar-refractivity contribution is -0.383. The van der Waals surface area contributed by atoms with Crippen LogP contribution in [0, 0.1) is 21.4 Å². The SMILES string of the molecule is CCOC(=O)CCN(Cc1ccco1)c1ncnc(N(CCC#N)Cc2ccccc2)c1[N+](=O)[O-]. The zero-order valence-electron chi connectivity index (χ0n) is 19.4. The van der Waals surface area contributed by atoms with Crippen molar-refractivity contribution in [2.24, 2.45) is 0 Å². The van der Waals surface area contributed by atoms with Crippen LogP contribution in [0.1, 0.15) is 31.1 Å². The van der Waals surface area contributed by atoms with Gasteiger partial charge in [0, 0.05) is 19.6 Å². The van der Waals surface area contributed by atoms with E-state index >= 15 is 0 Å². The van der Waals surface area contributed by atoms with Crippen LogP contribution in [-0.2, 0) is 22.6 Å². The van der Waals surface area contributed by atoms with E-state index in [0.717, 1.165) is 5.56 Å². The highest BCUT2D eigenvalue weighted by Crippen LogP contribution is 2.35. The number of benzene rings is 1. The van der Waals surface area contributed by atoms with Crippen molar-refractivity contribution in [2.45, 2.75) is 32.9 Å². The van der Waals surface area contributed by atoms with Gasteiger partial charge in [0.2, 0.25) is 11.6 Å². The van der Waals surface area contributed by atoms with Gasteiger partial charge in [-0.2, -0.15) is 5.26 Å². The number of ether oxygens (including phenoxy) is 1. The fourth-order valence-corrected chi connectivity index (χ4v) is 3.55. The first-order valence-electron chi connectivity index (χ1n) is 11.1. The highest BCUT2D eigenvalue weighted by Gasteiger charge is 2.31. The van der Waals surface area contributed by atoms with Gasteiger partial charge in [0.15, 0.2) is 0 Å². The summed E-state index contributed by atoms with van der Waals surface area (Å²) in [6.07, 6.45) is 2.92. The standard InChI is InChI=1S/C24H26N6O5/c1-2-34-21(31)11-14-29(17-20-10-6-15-35-20)24-22(30(32)33)23(26-18-27-24)28(13-7-12-25)16-19-8-4-3-5-9-19/h3-6,8-10,15,18H,2,7,11,13-14,16-17H2,1H3. The van der Waals surface area contributed by atoms with E-state index in [-0.39, 0.29) is 56.4 Å². The summed E-state index contributed by atoms with van der Waals surface area (Å²) in [5.41, 5.74) is 0.603. The average molecular weight is 479 g/mol. The van der Waals surface area contributed by atoms with E-state index in [1.807, 2.05) is 30.3 Å². The Morgan fingerprint density at radius 2 is 1.83 bits per heavy atom. The van der Waals surface area contributed by atoms with Gasteiger partial charge in [-0.05, 0) is 24.6 Å². The first kappa shape index (κ1) is 25.2. The summed E-state index contributed by atoms with van der Waals surface area (Å²) in [6, 6.07) is 15.0. The molecule has 0 aliphatic carbocycles. The van der Waals surface area contributed by atoms with Crippen LogP contribution in [0.3, 0.4) is 0 Å². The molecule has 2 heterocycles. The number of hydrogen-bond donors (Lipinski definition) is 0. The molecule has 3 rings (SSSR count). The third kappa shape index (κ3) is 7.01. The Balaban J connectivity index is 2.02. The third-order valence-corrected chi connectivity index (χ3v) is 5.09. The van der Waals surface area contributed by atoms with Crippen molar-refractivity contribution in [1.29, 1.82) is 5.26 Å². The van der Waals surface area contributed by atoms with Gasteiger partial charge in [0.1, 0.15) is 12.1 Å². The minimum absolute atomic E-state index is 0.00714. The highest BCUT2D eigenvalue weighted by molar-refractivity contribution is 5.73. The summed E-state index contributed by atoms with van der Waals surface area (Å²) in [7, 11) is 0. The maximum absolute atomic E-state index is 12.3. The maximum atomic E-state index is 12.3. The predicted octanol–water partition coefficient (Wildman–Crippen LogP) is 3.86. The number of esters is 1. The average Bonchev–Trinajstić information content (AvgIpc) is 3.38. The number of rotatable bonds is 13. The minimum atomic E-state index is -0.533. The lowest BCUT2D eigenvalue weighted by Crippen LogP contribution is -2.30. The Morgan fingerprint density at radius 3 is 2.43 bits per heavy atom. The quantitative estimate of drug-likeness (QED) is 0.202. The van der Waals surface area contributed by atoms with Crippen molar-refractivity contribution >= 4 is 23.3 Å². The lowest BCUT2D eigenvalue weighted by Gasteiger charge is -2.26. The first-order chi connectivity index (χ1) is 17.0. The summed E-state index contributed by atoms with van der Waals surface area (Å²) in [6.45, 7) is 2.78. The number of carbonyl (C=O) groups excluding carboxylic acids is 1. The van der Waals surface area contributed by atoms with E-state index in [4.69, 9.17) is 14.4 Å². The molecule has 0 N–H and O–H groups in total. The summed E-state index contributed by atoms with van der Waals surface area (Å²) in [5, 5.41) is 21.5. The van der Waals surface area contributed by atoms with E-state index in [9.17, 15) is 14.9 Å². The molecule has 0 spiro atoms. The molecule has 1 aromatic carbocycles. The van der Waals surface area contributed by atoms with Gasteiger partial charge in [-0.15, -0.1) is 0 Å². The van der Waals surface area contributed by atoms with E-state index in [2.05, 4.69) is 16.0 Å². The molecule has 11 nitrogen and oxygen atoms in total. The molecule has 182 valence electrons. The number of nitrogens with zero attached hydrogens (tertiary/aromatic N) is 6. The zero-order chi connectivity index (χ0) is 25.0. The van der Waals surface area contributed by atoms with Crippen LogP contribution in [0.4, 0.5) is 17.3 Å². The van der Waals surface area contributed by atoms with Gasteiger partial charge in [-0.25, -0.2) is 9.97 Å². The molecule has 0 aliphatic heterocycles. The molecule has 0 unspecified atom stereocenters. The lowest BCUT2D eigenvalue weighted by atomic mass is 10.2. The van der Waals surface area contributed by atoms with Gasteiger partial charge >= 0.3 is 11.7 Å². The molecule has 0 fully saturated rings. The topological polar surface area (TPSA) is 139 Å². The monoisotopic (exact) mass is 478 g/mol. The molecule has 35 heavy (non-hydrogen) atoms. The second-order valence-electron chi connectivity index (χ2n) is 7.50. The van der Waals surface area contributed by atoms with E-state index in [0.29, 0.717) is 12.3 Å². The summed E-state index contributed by atoms with van der Waals surface area (Å²) >= 11 is 0. The number of nitro groups is 1. The first-order valence-corrected chi connectivity index (χ1v) is 11.1. The molecule has 0 saturated carbocycles. The number of furan rings is 1. The molecule has 0 saturated heterocycles. The maximum Gasteiger partial charge on any atom is 0.353 e. The fourth-order valence-electron chi connectivity index (χ4n) is 3.55. The van der Waals surface area contributed by atoms with E-state index in [1.54, 1.807) is 28.9 Å². The van der Waals surface area contributed by atoms with Crippen molar-refractivity contribution in [3.8, 4) is 6.07 Å². The smallest absolute Gasteiger partial charge is 0.353 e. The van der Waals surface area contributed by atoms with Gasteiger partial charge in [-0.1, -0.05) is 30.3 Å². The molecule has 11 heteroatoms. The third-order valence-electron chi connectivity index (χ3n) is 5.09. The Morgan fingerprint density at radius 1 is 1.11 bits per heavy atom. The number of carbonyl (C=O) groups is 1. The van der Waals surface area contributed by atoms with Crippen LogP contribution in [0.2, 0.25) is 0 Å². The van der Waals surface area contributed by atoms with Crippen LogP contribution in [-0.4, -0.2) is 40.6 Å². The molecule has 2 aromatic heterocycles. The Kier molecular flexibility index (Phi) is 9.13. The van der Waals surface area contributed by atoms with Crippen LogP contribution in [0.15, 0.2) is 59.5 Å². The molecule has 3 aromatic rings. The Bertz CT molecular complexity index is 1150.